The molecule has 5 nitrogen and oxygen atoms in total. The molecule has 2 aromatic carbocycles. The average Bonchev–Trinajstić information content (AvgIpc) is 2.66. The SMILES string of the molecule is COc1ccc(C(=O)C=Cc2cc(C)c(C(=O)OC(C)(C)C)c(C)c2OC(C)C)cc1C. The van der Waals surface area contributed by atoms with E-state index in [1.807, 2.05) is 61.5 Å². The molecule has 0 aliphatic heterocycles. The Hall–Kier alpha value is -3.08. The standard InChI is InChI=1S/C27H34O5/c1-16(2)31-25-19(5)24(26(29)32-27(6,7)8)18(4)15-21(25)10-12-22(28)20-11-13-23(30-9)17(3)14-20/h10-16H,1-9H3. The Morgan fingerprint density at radius 2 is 1.66 bits per heavy atom. The Morgan fingerprint density at radius 3 is 2.19 bits per heavy atom. The Morgan fingerprint density at radius 1 is 1.00 bits per heavy atom. The van der Waals surface area contributed by atoms with Crippen molar-refractivity contribution in [1.29, 1.82) is 0 Å². The van der Waals surface area contributed by atoms with Crippen LogP contribution in [0.15, 0.2) is 30.3 Å². The van der Waals surface area contributed by atoms with Gasteiger partial charge in [-0.15, -0.1) is 0 Å². The molecule has 0 N–H and O–H groups in total. The van der Waals surface area contributed by atoms with Gasteiger partial charge in [-0.25, -0.2) is 4.79 Å². The van der Waals surface area contributed by atoms with Gasteiger partial charge in [0.25, 0.3) is 0 Å². The summed E-state index contributed by atoms with van der Waals surface area (Å²) in [5.41, 5.74) is 3.55. The maximum atomic E-state index is 12.8. The lowest BCUT2D eigenvalue weighted by atomic mass is 9.96. The topological polar surface area (TPSA) is 61.8 Å². The maximum absolute atomic E-state index is 12.8. The van der Waals surface area contributed by atoms with Crippen LogP contribution in [0.3, 0.4) is 0 Å². The molecule has 172 valence electrons. The minimum absolute atomic E-state index is 0.102. The fourth-order valence-electron chi connectivity index (χ4n) is 3.45. The molecule has 0 aromatic heterocycles. The van der Waals surface area contributed by atoms with Gasteiger partial charge in [-0.1, -0.05) is 0 Å². The Kier molecular flexibility index (Phi) is 7.89. The zero-order valence-corrected chi connectivity index (χ0v) is 20.6. The molecule has 2 aromatic rings. The normalized spacial score (nSPS) is 11.7. The predicted molar refractivity (Wildman–Crippen MR) is 128 cm³/mol. The Labute approximate surface area is 191 Å². The Bertz CT molecular complexity index is 1040. The molecule has 0 amide bonds. The molecular weight excluding hydrogens is 404 g/mol. The van der Waals surface area contributed by atoms with Crippen LogP contribution in [0, 0.1) is 20.8 Å². The summed E-state index contributed by atoms with van der Waals surface area (Å²) in [5.74, 6) is 0.794. The summed E-state index contributed by atoms with van der Waals surface area (Å²) < 4.78 is 16.9. The van der Waals surface area contributed by atoms with Gasteiger partial charge in [0.15, 0.2) is 5.78 Å². The first-order chi connectivity index (χ1) is 14.8. The van der Waals surface area contributed by atoms with Crippen LogP contribution < -0.4 is 9.47 Å². The van der Waals surface area contributed by atoms with Crippen LogP contribution in [0.2, 0.25) is 0 Å². The minimum atomic E-state index is -0.601. The van der Waals surface area contributed by atoms with Crippen LogP contribution in [0.4, 0.5) is 0 Å². The second-order valence-corrected chi connectivity index (χ2v) is 9.16. The number of carbonyl (C=O) groups is 2. The Balaban J connectivity index is 2.47. The van der Waals surface area contributed by atoms with Crippen molar-refractivity contribution in [2.24, 2.45) is 0 Å². The molecule has 0 saturated heterocycles. The zero-order valence-electron chi connectivity index (χ0n) is 20.6. The first-order valence-corrected chi connectivity index (χ1v) is 10.7. The third kappa shape index (κ3) is 6.22. The van der Waals surface area contributed by atoms with Crippen molar-refractivity contribution in [3.05, 3.63) is 63.7 Å². The zero-order chi connectivity index (χ0) is 24.2. The van der Waals surface area contributed by atoms with Gasteiger partial charge in [0.05, 0.1) is 18.8 Å². The number of benzene rings is 2. The number of allylic oxidation sites excluding steroid dienone is 1. The number of hydrogen-bond donors (Lipinski definition) is 0. The molecule has 0 spiro atoms. The number of methoxy groups -OCH3 is 1. The highest BCUT2D eigenvalue weighted by Gasteiger charge is 2.24. The number of carbonyl (C=O) groups excluding carboxylic acids is 2. The smallest absolute Gasteiger partial charge is 0.339 e. The molecule has 0 aliphatic carbocycles. The molecule has 0 aliphatic rings. The number of aryl methyl sites for hydroxylation is 2. The van der Waals surface area contributed by atoms with Crippen LogP contribution >= 0.6 is 0 Å². The van der Waals surface area contributed by atoms with Crippen molar-refractivity contribution in [3.63, 3.8) is 0 Å². The summed E-state index contributed by atoms with van der Waals surface area (Å²) in [6.45, 7) is 15.0. The average molecular weight is 439 g/mol. The van der Waals surface area contributed by atoms with E-state index in [1.54, 1.807) is 31.4 Å². The maximum Gasteiger partial charge on any atom is 0.339 e. The first kappa shape index (κ1) is 25.2. The first-order valence-electron chi connectivity index (χ1n) is 10.7. The van der Waals surface area contributed by atoms with Crippen molar-refractivity contribution in [2.75, 3.05) is 7.11 Å². The third-order valence-corrected chi connectivity index (χ3v) is 4.79. The summed E-state index contributed by atoms with van der Waals surface area (Å²) in [5, 5.41) is 0. The monoisotopic (exact) mass is 438 g/mol. The van der Waals surface area contributed by atoms with Crippen LogP contribution in [0.1, 0.15) is 77.6 Å². The van der Waals surface area contributed by atoms with Crippen LogP contribution in [-0.4, -0.2) is 30.6 Å². The molecule has 0 unspecified atom stereocenters. The van der Waals surface area contributed by atoms with Crippen LogP contribution in [0.25, 0.3) is 6.08 Å². The number of hydrogen-bond acceptors (Lipinski definition) is 5. The molecule has 32 heavy (non-hydrogen) atoms. The molecular formula is C27H34O5. The second-order valence-electron chi connectivity index (χ2n) is 9.16. The van der Waals surface area contributed by atoms with E-state index >= 15 is 0 Å². The lowest BCUT2D eigenvalue weighted by Crippen LogP contribution is -2.25. The largest absolute Gasteiger partial charge is 0.496 e. The molecule has 0 bridgehead atoms. The van der Waals surface area contributed by atoms with Crippen molar-refractivity contribution >= 4 is 17.8 Å². The van der Waals surface area contributed by atoms with Gasteiger partial charge in [0.2, 0.25) is 0 Å². The highest BCUT2D eigenvalue weighted by Crippen LogP contribution is 2.33. The molecule has 0 fully saturated rings. The summed E-state index contributed by atoms with van der Waals surface area (Å²) in [4.78, 5) is 25.6. The van der Waals surface area contributed by atoms with E-state index < -0.39 is 5.60 Å². The van der Waals surface area contributed by atoms with E-state index in [0.717, 1.165) is 22.4 Å². The van der Waals surface area contributed by atoms with Crippen LogP contribution in [0.5, 0.6) is 11.5 Å². The minimum Gasteiger partial charge on any atom is -0.496 e. The van der Waals surface area contributed by atoms with Crippen molar-refractivity contribution in [2.45, 2.75) is 67.1 Å². The predicted octanol–water partition coefficient (Wildman–Crippen LogP) is 6.26. The molecule has 0 atom stereocenters. The highest BCUT2D eigenvalue weighted by molar-refractivity contribution is 6.07. The fraction of sp³-hybridized carbons (Fsp3) is 0.407. The number of esters is 1. The molecule has 0 radical (unpaired) electrons. The summed E-state index contributed by atoms with van der Waals surface area (Å²) >= 11 is 0. The second kappa shape index (κ2) is 10.0. The number of ether oxygens (including phenoxy) is 3. The number of rotatable bonds is 7. The highest BCUT2D eigenvalue weighted by atomic mass is 16.6. The number of ketones is 1. The van der Waals surface area contributed by atoms with Crippen molar-refractivity contribution in [1.82, 2.24) is 0 Å². The van der Waals surface area contributed by atoms with Gasteiger partial charge in [-0.3, -0.25) is 4.79 Å². The molecule has 0 heterocycles. The van der Waals surface area contributed by atoms with Crippen molar-refractivity contribution < 1.29 is 23.8 Å². The van der Waals surface area contributed by atoms with Gasteiger partial charge in [0, 0.05) is 16.7 Å². The van der Waals surface area contributed by atoms with E-state index in [2.05, 4.69) is 0 Å². The van der Waals surface area contributed by atoms with E-state index in [1.165, 1.54) is 6.08 Å². The van der Waals surface area contributed by atoms with E-state index in [-0.39, 0.29) is 17.9 Å². The summed E-state index contributed by atoms with van der Waals surface area (Å²) in [6.07, 6.45) is 3.16. The van der Waals surface area contributed by atoms with Gasteiger partial charge in [-0.2, -0.15) is 0 Å². The van der Waals surface area contributed by atoms with Gasteiger partial charge in [0.1, 0.15) is 17.1 Å². The van der Waals surface area contributed by atoms with Crippen LogP contribution in [-0.2, 0) is 4.74 Å². The third-order valence-electron chi connectivity index (χ3n) is 4.79. The van der Waals surface area contributed by atoms with Gasteiger partial charge < -0.3 is 14.2 Å². The van der Waals surface area contributed by atoms with Gasteiger partial charge >= 0.3 is 5.97 Å². The lowest BCUT2D eigenvalue weighted by molar-refractivity contribution is 0.00671. The quantitative estimate of drug-likeness (QED) is 0.290. The van der Waals surface area contributed by atoms with Gasteiger partial charge in [-0.05, 0) is 103 Å². The van der Waals surface area contributed by atoms with Crippen molar-refractivity contribution in [3.8, 4) is 11.5 Å². The fourth-order valence-corrected chi connectivity index (χ4v) is 3.45. The molecule has 2 rings (SSSR count). The molecule has 5 heteroatoms. The summed E-state index contributed by atoms with van der Waals surface area (Å²) in [7, 11) is 1.60. The van der Waals surface area contributed by atoms with E-state index in [4.69, 9.17) is 14.2 Å². The van der Waals surface area contributed by atoms with E-state index in [9.17, 15) is 9.59 Å². The van der Waals surface area contributed by atoms with E-state index in [0.29, 0.717) is 22.4 Å². The summed E-state index contributed by atoms with van der Waals surface area (Å²) in [6, 6.07) is 7.19. The lowest BCUT2D eigenvalue weighted by Gasteiger charge is -2.23. The molecule has 0 saturated carbocycles.